The molecule has 158 valence electrons. The number of aromatic nitrogens is 4. The van der Waals surface area contributed by atoms with E-state index in [2.05, 4.69) is 22.1 Å². The van der Waals surface area contributed by atoms with Gasteiger partial charge in [-0.1, -0.05) is 67.2 Å². The zero-order valence-electron chi connectivity index (χ0n) is 17.2. The minimum atomic E-state index is -0.338. The molecule has 4 rings (SSSR count). The van der Waals surface area contributed by atoms with Gasteiger partial charge >= 0.3 is 0 Å². The minimum Gasteiger partial charge on any atom is -0.351 e. The molecule has 8 heteroatoms. The summed E-state index contributed by atoms with van der Waals surface area (Å²) < 4.78 is 3.39. The Hall–Kier alpha value is -3.39. The van der Waals surface area contributed by atoms with Gasteiger partial charge in [0.1, 0.15) is 0 Å². The number of carbonyl (C=O) groups excluding carboxylic acids is 1. The summed E-state index contributed by atoms with van der Waals surface area (Å²) >= 11 is 1.35. The van der Waals surface area contributed by atoms with E-state index in [0.717, 1.165) is 11.1 Å². The van der Waals surface area contributed by atoms with Crippen molar-refractivity contribution in [2.24, 2.45) is 0 Å². The first-order valence-corrected chi connectivity index (χ1v) is 11.0. The average Bonchev–Trinajstić information content (AvgIpc) is 3.23. The molecular weight excluding hydrogens is 410 g/mol. The molecule has 2 heterocycles. The van der Waals surface area contributed by atoms with E-state index in [1.54, 1.807) is 16.7 Å². The number of benzene rings is 2. The number of para-hydroxylation sites is 1. The van der Waals surface area contributed by atoms with Crippen LogP contribution in [0, 0.1) is 0 Å². The number of nitrogens with one attached hydrogen (secondary N) is 1. The number of hydrogen-bond acceptors (Lipinski definition) is 5. The Morgan fingerprint density at radius 1 is 1.16 bits per heavy atom. The molecule has 1 atom stereocenters. The minimum absolute atomic E-state index is 0.0585. The second-order valence-corrected chi connectivity index (χ2v) is 8.23. The third kappa shape index (κ3) is 4.11. The molecule has 0 fully saturated rings. The highest BCUT2D eigenvalue weighted by Crippen LogP contribution is 2.27. The molecule has 1 unspecified atom stereocenters. The van der Waals surface area contributed by atoms with Gasteiger partial charge in [-0.2, -0.15) is 0 Å². The zero-order chi connectivity index (χ0) is 21.8. The quantitative estimate of drug-likeness (QED) is 0.340. The van der Waals surface area contributed by atoms with Gasteiger partial charge in [0.15, 0.2) is 5.16 Å². The van der Waals surface area contributed by atoms with Crippen LogP contribution in [0.25, 0.3) is 16.7 Å². The van der Waals surface area contributed by atoms with Crippen LogP contribution in [0.3, 0.4) is 0 Å². The van der Waals surface area contributed by atoms with Crippen LogP contribution in [-0.4, -0.2) is 30.3 Å². The van der Waals surface area contributed by atoms with Gasteiger partial charge in [-0.25, -0.2) is 0 Å². The Balaban J connectivity index is 1.68. The van der Waals surface area contributed by atoms with Crippen LogP contribution in [0.4, 0.5) is 0 Å². The fraction of sp³-hybridized carbons (Fsp3) is 0.217. The van der Waals surface area contributed by atoms with Gasteiger partial charge in [-0.05, 0) is 24.1 Å². The SMILES string of the molecule is C=CCn1c(=O)c2ccccc2n2c(SC(CC)C(=O)NCc3ccccc3)nnc12. The Morgan fingerprint density at radius 2 is 1.90 bits per heavy atom. The summed E-state index contributed by atoms with van der Waals surface area (Å²) in [6, 6.07) is 17.2. The van der Waals surface area contributed by atoms with Crippen LogP contribution >= 0.6 is 11.8 Å². The van der Waals surface area contributed by atoms with Gasteiger partial charge in [0.25, 0.3) is 5.56 Å². The fourth-order valence-electron chi connectivity index (χ4n) is 3.45. The maximum absolute atomic E-state index is 12.9. The number of nitrogens with zero attached hydrogens (tertiary/aromatic N) is 4. The highest BCUT2D eigenvalue weighted by Gasteiger charge is 2.23. The molecule has 0 aliphatic heterocycles. The van der Waals surface area contributed by atoms with E-state index in [0.29, 0.717) is 35.8 Å². The first kappa shape index (κ1) is 20.9. The van der Waals surface area contributed by atoms with Crippen LogP contribution in [0.1, 0.15) is 18.9 Å². The Bertz CT molecular complexity index is 1300. The molecule has 1 amide bonds. The van der Waals surface area contributed by atoms with Gasteiger partial charge in [0.05, 0.1) is 16.2 Å². The van der Waals surface area contributed by atoms with E-state index in [1.807, 2.05) is 59.9 Å². The number of thioether (sulfide) groups is 1. The summed E-state index contributed by atoms with van der Waals surface area (Å²) in [5, 5.41) is 12.4. The van der Waals surface area contributed by atoms with Gasteiger partial charge < -0.3 is 5.32 Å². The molecule has 2 aromatic carbocycles. The van der Waals surface area contributed by atoms with Crippen molar-refractivity contribution in [3.8, 4) is 0 Å². The van der Waals surface area contributed by atoms with Crippen molar-refractivity contribution in [1.82, 2.24) is 24.5 Å². The summed E-state index contributed by atoms with van der Waals surface area (Å²) in [4.78, 5) is 25.8. The first-order valence-electron chi connectivity index (χ1n) is 10.1. The third-order valence-corrected chi connectivity index (χ3v) is 6.32. The molecule has 31 heavy (non-hydrogen) atoms. The number of amides is 1. The monoisotopic (exact) mass is 433 g/mol. The van der Waals surface area contributed by atoms with Crippen LogP contribution in [-0.2, 0) is 17.9 Å². The Labute approximate surface area is 183 Å². The van der Waals surface area contributed by atoms with Gasteiger partial charge in [0, 0.05) is 13.1 Å². The van der Waals surface area contributed by atoms with Gasteiger partial charge in [0.2, 0.25) is 11.7 Å². The van der Waals surface area contributed by atoms with Gasteiger partial charge in [-0.15, -0.1) is 16.8 Å². The van der Waals surface area contributed by atoms with Crippen molar-refractivity contribution in [2.45, 2.75) is 36.8 Å². The number of hydrogen-bond donors (Lipinski definition) is 1. The zero-order valence-corrected chi connectivity index (χ0v) is 18.0. The molecule has 0 radical (unpaired) electrons. The number of carbonyl (C=O) groups is 1. The molecule has 0 spiro atoms. The predicted octanol–water partition coefficient (Wildman–Crippen LogP) is 3.42. The van der Waals surface area contributed by atoms with E-state index in [-0.39, 0.29) is 16.7 Å². The normalized spacial score (nSPS) is 12.2. The standard InChI is InChI=1S/C23H23N5O2S/c1-3-14-27-21(30)17-12-8-9-13-18(17)28-22(27)25-26-23(28)31-19(4-2)20(29)24-15-16-10-6-5-7-11-16/h3,5-13,19H,1,4,14-15H2,2H3,(H,24,29). The van der Waals surface area contributed by atoms with E-state index < -0.39 is 0 Å². The summed E-state index contributed by atoms with van der Waals surface area (Å²) in [5.41, 5.74) is 1.62. The van der Waals surface area contributed by atoms with Crippen LogP contribution in [0.2, 0.25) is 0 Å². The van der Waals surface area contributed by atoms with Crippen molar-refractivity contribution in [3.05, 3.63) is 83.2 Å². The van der Waals surface area contributed by atoms with Crippen molar-refractivity contribution in [3.63, 3.8) is 0 Å². The first-order chi connectivity index (χ1) is 15.1. The lowest BCUT2D eigenvalue weighted by Gasteiger charge is -2.15. The van der Waals surface area contributed by atoms with Crippen molar-refractivity contribution < 1.29 is 4.79 Å². The second kappa shape index (κ2) is 9.18. The van der Waals surface area contributed by atoms with Crippen molar-refractivity contribution >= 4 is 34.3 Å². The molecule has 0 aliphatic rings. The second-order valence-electron chi connectivity index (χ2n) is 7.06. The highest BCUT2D eigenvalue weighted by molar-refractivity contribution is 8.00. The van der Waals surface area contributed by atoms with Crippen LogP contribution in [0.5, 0.6) is 0 Å². The smallest absolute Gasteiger partial charge is 0.263 e. The number of rotatable bonds is 8. The number of fused-ring (bicyclic) bond motifs is 3. The molecule has 0 aliphatic carbocycles. The lowest BCUT2D eigenvalue weighted by Crippen LogP contribution is -2.32. The predicted molar refractivity (Wildman–Crippen MR) is 123 cm³/mol. The van der Waals surface area contributed by atoms with Crippen molar-refractivity contribution in [2.75, 3.05) is 0 Å². The topological polar surface area (TPSA) is 81.3 Å². The lowest BCUT2D eigenvalue weighted by molar-refractivity contribution is -0.120. The average molecular weight is 434 g/mol. The fourth-order valence-corrected chi connectivity index (χ4v) is 4.44. The van der Waals surface area contributed by atoms with Crippen LogP contribution < -0.4 is 10.9 Å². The van der Waals surface area contributed by atoms with E-state index >= 15 is 0 Å². The van der Waals surface area contributed by atoms with E-state index in [1.165, 1.54) is 11.8 Å². The summed E-state index contributed by atoms with van der Waals surface area (Å²) in [6.07, 6.45) is 2.29. The molecule has 7 nitrogen and oxygen atoms in total. The summed E-state index contributed by atoms with van der Waals surface area (Å²) in [5.74, 6) is 0.377. The number of allylic oxidation sites excluding steroid dienone is 1. The molecular formula is C23H23N5O2S. The summed E-state index contributed by atoms with van der Waals surface area (Å²) in [6.45, 7) is 6.51. The lowest BCUT2D eigenvalue weighted by atomic mass is 10.2. The van der Waals surface area contributed by atoms with Crippen LogP contribution in [0.15, 0.2) is 77.2 Å². The molecule has 4 aromatic rings. The van der Waals surface area contributed by atoms with E-state index in [9.17, 15) is 9.59 Å². The molecule has 2 aromatic heterocycles. The maximum Gasteiger partial charge on any atom is 0.263 e. The van der Waals surface area contributed by atoms with Gasteiger partial charge in [-0.3, -0.25) is 18.6 Å². The Morgan fingerprint density at radius 3 is 2.65 bits per heavy atom. The third-order valence-electron chi connectivity index (χ3n) is 5.01. The molecule has 0 bridgehead atoms. The maximum atomic E-state index is 12.9. The van der Waals surface area contributed by atoms with Crippen molar-refractivity contribution in [1.29, 1.82) is 0 Å². The molecule has 0 saturated carbocycles. The van der Waals surface area contributed by atoms with E-state index in [4.69, 9.17) is 0 Å². The molecule has 0 saturated heterocycles. The highest BCUT2D eigenvalue weighted by atomic mass is 32.2. The molecule has 1 N–H and O–H groups in total. The summed E-state index contributed by atoms with van der Waals surface area (Å²) in [7, 11) is 0. The Kier molecular flexibility index (Phi) is 6.18. The largest absolute Gasteiger partial charge is 0.351 e.